The fourth-order valence-corrected chi connectivity index (χ4v) is 1.39. The molecule has 0 saturated carbocycles. The predicted octanol–water partition coefficient (Wildman–Crippen LogP) is 1.14. The minimum absolute atomic E-state index is 0.0254. The zero-order valence-corrected chi connectivity index (χ0v) is 10.8. The maximum atomic E-state index is 11.5. The van der Waals surface area contributed by atoms with Crippen LogP contribution in [0.15, 0.2) is 0 Å². The minimum atomic E-state index is -0.745. The number of amides is 1. The molecular formula is C12H24N2O3. The lowest BCUT2D eigenvalue weighted by atomic mass is 10.2. The molecule has 0 heterocycles. The lowest BCUT2D eigenvalue weighted by Gasteiger charge is -2.13. The van der Waals surface area contributed by atoms with Crippen LogP contribution < -0.4 is 10.6 Å². The zero-order valence-electron chi connectivity index (χ0n) is 10.8. The van der Waals surface area contributed by atoms with E-state index < -0.39 is 5.97 Å². The quantitative estimate of drug-likeness (QED) is 0.503. The highest BCUT2D eigenvalue weighted by Gasteiger charge is 2.10. The van der Waals surface area contributed by atoms with Crippen molar-refractivity contribution in [1.82, 2.24) is 10.6 Å². The summed E-state index contributed by atoms with van der Waals surface area (Å²) in [4.78, 5) is 21.7. The fourth-order valence-electron chi connectivity index (χ4n) is 1.39. The predicted molar refractivity (Wildman–Crippen MR) is 66.9 cm³/mol. The molecule has 0 rings (SSSR count). The van der Waals surface area contributed by atoms with Crippen LogP contribution >= 0.6 is 0 Å². The van der Waals surface area contributed by atoms with Crippen molar-refractivity contribution < 1.29 is 14.7 Å². The highest BCUT2D eigenvalue weighted by Crippen LogP contribution is 1.98. The van der Waals surface area contributed by atoms with Gasteiger partial charge in [-0.2, -0.15) is 0 Å². The molecule has 1 atom stereocenters. The van der Waals surface area contributed by atoms with E-state index in [4.69, 9.17) is 5.11 Å². The highest BCUT2D eigenvalue weighted by molar-refractivity contribution is 5.81. The Morgan fingerprint density at radius 3 is 2.47 bits per heavy atom. The third-order valence-corrected chi connectivity index (χ3v) is 2.46. The summed E-state index contributed by atoms with van der Waals surface area (Å²) in [6.45, 7) is 5.31. The summed E-state index contributed by atoms with van der Waals surface area (Å²) in [6, 6.07) is -0.180. The lowest BCUT2D eigenvalue weighted by Crippen LogP contribution is -2.42. The van der Waals surface area contributed by atoms with E-state index >= 15 is 0 Å². The van der Waals surface area contributed by atoms with Crippen molar-refractivity contribution in [2.24, 2.45) is 0 Å². The normalized spacial score (nSPS) is 12.1. The number of nitrogens with one attached hydrogen (secondary N) is 2. The van der Waals surface area contributed by atoms with E-state index in [0.717, 1.165) is 25.8 Å². The molecule has 0 fully saturated rings. The maximum Gasteiger partial charge on any atom is 0.303 e. The van der Waals surface area contributed by atoms with Crippen LogP contribution in [0, 0.1) is 0 Å². The van der Waals surface area contributed by atoms with Crippen LogP contribution in [-0.4, -0.2) is 36.1 Å². The largest absolute Gasteiger partial charge is 0.481 e. The molecule has 0 aromatic rings. The molecule has 0 aromatic carbocycles. The van der Waals surface area contributed by atoms with E-state index in [0.29, 0.717) is 13.0 Å². The summed E-state index contributed by atoms with van der Waals surface area (Å²) in [5.74, 6) is -0.720. The summed E-state index contributed by atoms with van der Waals surface area (Å²) < 4.78 is 0. The second-order valence-electron chi connectivity index (χ2n) is 4.17. The summed E-state index contributed by atoms with van der Waals surface area (Å²) >= 11 is 0. The van der Waals surface area contributed by atoms with Gasteiger partial charge in [-0.3, -0.25) is 9.59 Å². The van der Waals surface area contributed by atoms with Crippen LogP contribution in [0.5, 0.6) is 0 Å². The van der Waals surface area contributed by atoms with E-state index in [1.54, 1.807) is 0 Å². The standard InChI is InChI=1S/C12H24N2O3/c1-3-8-14-12(17)10(2)13-9-6-4-5-7-11(15)16/h10,13H,3-9H2,1-2H3,(H,14,17)(H,15,16). The molecule has 0 saturated heterocycles. The first-order valence-corrected chi connectivity index (χ1v) is 6.30. The van der Waals surface area contributed by atoms with E-state index in [2.05, 4.69) is 10.6 Å². The zero-order chi connectivity index (χ0) is 13.1. The van der Waals surface area contributed by atoms with Gasteiger partial charge in [0.05, 0.1) is 6.04 Å². The summed E-state index contributed by atoms with van der Waals surface area (Å²) in [5, 5.41) is 14.4. The maximum absolute atomic E-state index is 11.5. The first-order valence-electron chi connectivity index (χ1n) is 6.30. The number of hydrogen-bond donors (Lipinski definition) is 3. The van der Waals surface area contributed by atoms with E-state index in [1.165, 1.54) is 0 Å². The van der Waals surface area contributed by atoms with Gasteiger partial charge in [0.15, 0.2) is 0 Å². The van der Waals surface area contributed by atoms with Crippen molar-refractivity contribution in [3.05, 3.63) is 0 Å². The highest BCUT2D eigenvalue weighted by atomic mass is 16.4. The van der Waals surface area contributed by atoms with Gasteiger partial charge >= 0.3 is 5.97 Å². The lowest BCUT2D eigenvalue weighted by molar-refractivity contribution is -0.137. The number of carbonyl (C=O) groups is 2. The Balaban J connectivity index is 3.41. The Morgan fingerprint density at radius 1 is 1.18 bits per heavy atom. The number of aliphatic carboxylic acids is 1. The van der Waals surface area contributed by atoms with Crippen molar-refractivity contribution in [3.8, 4) is 0 Å². The van der Waals surface area contributed by atoms with Gasteiger partial charge in [-0.15, -0.1) is 0 Å². The first kappa shape index (κ1) is 15.9. The molecule has 5 heteroatoms. The average Bonchev–Trinajstić information content (AvgIpc) is 2.29. The Bertz CT molecular complexity index is 232. The second-order valence-corrected chi connectivity index (χ2v) is 4.17. The van der Waals surface area contributed by atoms with Gasteiger partial charge in [0, 0.05) is 13.0 Å². The van der Waals surface area contributed by atoms with Gasteiger partial charge in [-0.25, -0.2) is 0 Å². The van der Waals surface area contributed by atoms with E-state index in [9.17, 15) is 9.59 Å². The molecule has 0 spiro atoms. The minimum Gasteiger partial charge on any atom is -0.481 e. The van der Waals surface area contributed by atoms with E-state index in [-0.39, 0.29) is 18.4 Å². The molecule has 0 bridgehead atoms. The summed E-state index contributed by atoms with van der Waals surface area (Å²) in [5.41, 5.74) is 0. The smallest absolute Gasteiger partial charge is 0.303 e. The molecular weight excluding hydrogens is 220 g/mol. The van der Waals surface area contributed by atoms with Crippen LogP contribution in [0.25, 0.3) is 0 Å². The first-order chi connectivity index (χ1) is 8.07. The monoisotopic (exact) mass is 244 g/mol. The van der Waals surface area contributed by atoms with Crippen LogP contribution in [0.2, 0.25) is 0 Å². The molecule has 5 nitrogen and oxygen atoms in total. The van der Waals surface area contributed by atoms with Gasteiger partial charge in [0.1, 0.15) is 0 Å². The van der Waals surface area contributed by atoms with Crippen molar-refractivity contribution >= 4 is 11.9 Å². The topological polar surface area (TPSA) is 78.4 Å². The van der Waals surface area contributed by atoms with Crippen molar-refractivity contribution in [2.75, 3.05) is 13.1 Å². The Kier molecular flexibility index (Phi) is 9.43. The van der Waals surface area contributed by atoms with Gasteiger partial charge < -0.3 is 15.7 Å². The van der Waals surface area contributed by atoms with E-state index in [1.807, 2.05) is 13.8 Å². The van der Waals surface area contributed by atoms with Crippen molar-refractivity contribution in [1.29, 1.82) is 0 Å². The molecule has 0 aromatic heterocycles. The molecule has 1 unspecified atom stereocenters. The average molecular weight is 244 g/mol. The van der Waals surface area contributed by atoms with Crippen LogP contribution in [-0.2, 0) is 9.59 Å². The Hall–Kier alpha value is -1.10. The van der Waals surface area contributed by atoms with Crippen LogP contribution in [0.3, 0.4) is 0 Å². The summed E-state index contributed by atoms with van der Waals surface area (Å²) in [7, 11) is 0. The number of rotatable bonds is 10. The van der Waals surface area contributed by atoms with Crippen molar-refractivity contribution in [2.45, 2.75) is 52.0 Å². The van der Waals surface area contributed by atoms with Gasteiger partial charge in [-0.1, -0.05) is 13.3 Å². The molecule has 17 heavy (non-hydrogen) atoms. The fraction of sp³-hybridized carbons (Fsp3) is 0.833. The molecule has 0 aliphatic carbocycles. The molecule has 1 amide bonds. The number of carboxylic acids is 1. The molecule has 0 aliphatic rings. The summed E-state index contributed by atoms with van der Waals surface area (Å²) in [6.07, 6.45) is 3.65. The third-order valence-electron chi connectivity index (χ3n) is 2.46. The van der Waals surface area contributed by atoms with Crippen molar-refractivity contribution in [3.63, 3.8) is 0 Å². The molecule has 0 radical (unpaired) electrons. The number of hydrogen-bond acceptors (Lipinski definition) is 3. The number of unbranched alkanes of at least 4 members (excludes halogenated alkanes) is 2. The Labute approximate surface area is 103 Å². The molecule has 0 aliphatic heterocycles. The molecule has 100 valence electrons. The van der Waals surface area contributed by atoms with Gasteiger partial charge in [0.2, 0.25) is 5.91 Å². The third kappa shape index (κ3) is 9.81. The SMILES string of the molecule is CCCNC(=O)C(C)NCCCCCC(=O)O. The Morgan fingerprint density at radius 2 is 1.88 bits per heavy atom. The van der Waals surface area contributed by atoms with Gasteiger partial charge in [0.25, 0.3) is 0 Å². The number of carboxylic acid groups (broad SMARTS) is 1. The van der Waals surface area contributed by atoms with Gasteiger partial charge in [-0.05, 0) is 32.7 Å². The number of carbonyl (C=O) groups excluding carboxylic acids is 1. The van der Waals surface area contributed by atoms with Crippen LogP contribution in [0.1, 0.15) is 46.0 Å². The van der Waals surface area contributed by atoms with Crippen LogP contribution in [0.4, 0.5) is 0 Å². The molecule has 3 N–H and O–H groups in total. The second kappa shape index (κ2) is 10.1.